The van der Waals surface area contributed by atoms with Crippen LogP contribution >= 0.6 is 11.3 Å². The van der Waals surface area contributed by atoms with Crippen molar-refractivity contribution in [1.82, 2.24) is 15.0 Å². The smallest absolute Gasteiger partial charge is 0.329 e. The van der Waals surface area contributed by atoms with Gasteiger partial charge in [0.05, 0.1) is 11.4 Å². The number of hydrogen-bond acceptors (Lipinski definition) is 6. The van der Waals surface area contributed by atoms with Crippen LogP contribution in [-0.2, 0) is 28.7 Å². The Labute approximate surface area is 170 Å². The highest BCUT2D eigenvalue weighted by Crippen LogP contribution is 2.35. The number of amides is 2. The first-order chi connectivity index (χ1) is 14.2. The number of carbonyl (C=O) groups excluding carboxylic acids is 2. The maximum absolute atomic E-state index is 13.2. The summed E-state index contributed by atoms with van der Waals surface area (Å²) in [5, 5.41) is 5.71. The Morgan fingerprint density at radius 2 is 2.03 bits per heavy atom. The van der Waals surface area contributed by atoms with Gasteiger partial charge in [-0.25, -0.2) is 4.39 Å². The minimum atomic E-state index is -4.74. The van der Waals surface area contributed by atoms with Crippen LogP contribution in [-0.4, -0.2) is 33.4 Å². The van der Waals surface area contributed by atoms with Crippen molar-refractivity contribution >= 4 is 28.8 Å². The third-order valence-electron chi connectivity index (χ3n) is 4.34. The normalized spacial score (nSPS) is 13.8. The van der Waals surface area contributed by atoms with Crippen molar-refractivity contribution in [3.8, 4) is 10.7 Å². The first-order valence-corrected chi connectivity index (χ1v) is 9.41. The average Bonchev–Trinajstić information content (AvgIpc) is 3.33. The molecule has 1 aromatic carbocycles. The summed E-state index contributed by atoms with van der Waals surface area (Å²) in [4.78, 5) is 30.4. The molecule has 3 aromatic rings. The van der Waals surface area contributed by atoms with E-state index in [1.165, 1.54) is 23.1 Å². The largest absolute Gasteiger partial charge is 0.471 e. The van der Waals surface area contributed by atoms with E-state index in [-0.39, 0.29) is 24.6 Å². The van der Waals surface area contributed by atoms with Gasteiger partial charge >= 0.3 is 23.9 Å². The molecule has 156 valence electrons. The molecule has 1 aliphatic heterocycles. The van der Waals surface area contributed by atoms with Gasteiger partial charge in [-0.15, -0.1) is 11.3 Å². The van der Waals surface area contributed by atoms with Gasteiger partial charge in [-0.1, -0.05) is 11.2 Å². The molecule has 1 aliphatic rings. The minimum absolute atomic E-state index is 0.110. The van der Waals surface area contributed by atoms with E-state index in [0.717, 1.165) is 23.0 Å². The first-order valence-electron chi connectivity index (χ1n) is 8.59. The zero-order valence-electron chi connectivity index (χ0n) is 15.0. The lowest BCUT2D eigenvalue weighted by atomic mass is 10.1. The summed E-state index contributed by atoms with van der Waals surface area (Å²) in [6.45, 7) is 0.359. The Morgan fingerprint density at radius 1 is 1.23 bits per heavy atom. The summed E-state index contributed by atoms with van der Waals surface area (Å²) in [6, 6.07) is 6.80. The van der Waals surface area contributed by atoms with Crippen LogP contribution in [0.2, 0.25) is 0 Å². The van der Waals surface area contributed by atoms with Crippen LogP contribution < -0.4 is 5.32 Å². The summed E-state index contributed by atoms with van der Waals surface area (Å²) >= 11 is 1.12. The van der Waals surface area contributed by atoms with Gasteiger partial charge in [-0.2, -0.15) is 18.2 Å². The van der Waals surface area contributed by atoms with Crippen molar-refractivity contribution < 1.29 is 31.7 Å². The number of nitrogens with one attached hydrogen (secondary N) is 1. The van der Waals surface area contributed by atoms with E-state index in [1.807, 2.05) is 0 Å². The molecule has 12 heteroatoms. The zero-order valence-corrected chi connectivity index (χ0v) is 15.8. The monoisotopic (exact) mass is 440 g/mol. The predicted octanol–water partition coefficient (Wildman–Crippen LogP) is 3.48. The highest BCUT2D eigenvalue weighted by molar-refractivity contribution is 7.15. The Kier molecular flexibility index (Phi) is 5.02. The second-order valence-electron chi connectivity index (χ2n) is 6.42. The van der Waals surface area contributed by atoms with E-state index >= 15 is 0 Å². The number of nitrogens with zero attached hydrogens (tertiary/aromatic N) is 3. The highest BCUT2D eigenvalue weighted by Gasteiger charge is 2.39. The number of carbonyl (C=O) groups is 2. The van der Waals surface area contributed by atoms with Gasteiger partial charge in [-0.3, -0.25) is 9.59 Å². The third kappa shape index (κ3) is 4.03. The summed E-state index contributed by atoms with van der Waals surface area (Å²) < 4.78 is 55.4. The highest BCUT2D eigenvalue weighted by atomic mass is 32.1. The first kappa shape index (κ1) is 20.0. The Bertz CT molecular complexity index is 1120. The van der Waals surface area contributed by atoms with E-state index in [2.05, 4.69) is 20.0 Å². The molecule has 1 N–H and O–H groups in total. The summed E-state index contributed by atoms with van der Waals surface area (Å²) in [7, 11) is 0. The van der Waals surface area contributed by atoms with Crippen molar-refractivity contribution in [2.24, 2.45) is 0 Å². The summed E-state index contributed by atoms with van der Waals surface area (Å²) in [6.07, 6.45) is -4.32. The van der Waals surface area contributed by atoms with Gasteiger partial charge in [0, 0.05) is 17.1 Å². The van der Waals surface area contributed by atoms with Crippen molar-refractivity contribution in [2.45, 2.75) is 19.1 Å². The van der Waals surface area contributed by atoms with Gasteiger partial charge < -0.3 is 14.7 Å². The van der Waals surface area contributed by atoms with E-state index in [4.69, 9.17) is 0 Å². The van der Waals surface area contributed by atoms with Gasteiger partial charge in [0.1, 0.15) is 5.82 Å². The van der Waals surface area contributed by atoms with Gasteiger partial charge in [-0.05, 0) is 36.2 Å². The van der Waals surface area contributed by atoms with Crippen LogP contribution in [0.25, 0.3) is 10.7 Å². The molecule has 0 bridgehead atoms. The number of anilines is 1. The van der Waals surface area contributed by atoms with Crippen LogP contribution in [0.4, 0.5) is 23.2 Å². The standard InChI is InChI=1S/C18H12F4N4O3S/c19-10-2-1-3-11(7-10)23-15(27)16(28)26-5-4-9-6-12(30-13(9)8-26)14-24-17(29-25-14)18(20,21)22/h1-3,6-7H,4-5,8H2,(H,23,27). The topological polar surface area (TPSA) is 88.3 Å². The molecule has 4 rings (SSSR count). The van der Waals surface area contributed by atoms with Crippen molar-refractivity contribution in [2.75, 3.05) is 11.9 Å². The molecule has 30 heavy (non-hydrogen) atoms. The maximum atomic E-state index is 13.2. The molecule has 0 fully saturated rings. The summed E-state index contributed by atoms with van der Waals surface area (Å²) in [5.74, 6) is -3.88. The Morgan fingerprint density at radius 3 is 2.73 bits per heavy atom. The summed E-state index contributed by atoms with van der Waals surface area (Å²) in [5.41, 5.74) is 0.991. The second-order valence-corrected chi connectivity index (χ2v) is 7.56. The molecule has 2 aromatic heterocycles. The number of aromatic nitrogens is 2. The lowest BCUT2D eigenvalue weighted by Crippen LogP contribution is -2.42. The van der Waals surface area contributed by atoms with Crippen molar-refractivity contribution in [1.29, 1.82) is 0 Å². The molecular weight excluding hydrogens is 428 g/mol. The molecule has 0 radical (unpaired) electrons. The molecule has 0 aliphatic carbocycles. The molecular formula is C18H12F4N4O3S. The van der Waals surface area contributed by atoms with E-state index in [9.17, 15) is 27.2 Å². The predicted molar refractivity (Wildman–Crippen MR) is 96.8 cm³/mol. The molecule has 0 unspecified atom stereocenters. The number of rotatable bonds is 2. The average molecular weight is 440 g/mol. The van der Waals surface area contributed by atoms with Crippen LogP contribution in [0.3, 0.4) is 0 Å². The molecule has 0 spiro atoms. The molecule has 0 saturated carbocycles. The SMILES string of the molecule is O=C(Nc1cccc(F)c1)C(=O)N1CCc2cc(-c3noc(C(F)(F)F)n3)sc2C1. The number of hydrogen-bond donors (Lipinski definition) is 1. The lowest BCUT2D eigenvalue weighted by Gasteiger charge is -2.26. The molecule has 0 atom stereocenters. The molecule has 2 amide bonds. The Hall–Kier alpha value is -3.28. The fourth-order valence-electron chi connectivity index (χ4n) is 2.94. The molecule has 0 saturated heterocycles. The quantitative estimate of drug-likeness (QED) is 0.487. The van der Waals surface area contributed by atoms with Gasteiger partial charge in [0.25, 0.3) is 0 Å². The second kappa shape index (κ2) is 7.52. The van der Waals surface area contributed by atoms with Crippen LogP contribution in [0, 0.1) is 5.82 Å². The van der Waals surface area contributed by atoms with Crippen LogP contribution in [0.15, 0.2) is 34.9 Å². The lowest BCUT2D eigenvalue weighted by molar-refractivity contribution is -0.159. The van der Waals surface area contributed by atoms with E-state index in [1.54, 1.807) is 6.07 Å². The molecule has 3 heterocycles. The fraction of sp³-hybridized carbons (Fsp3) is 0.222. The maximum Gasteiger partial charge on any atom is 0.471 e. The van der Waals surface area contributed by atoms with Crippen molar-refractivity contribution in [3.05, 3.63) is 52.5 Å². The van der Waals surface area contributed by atoms with Gasteiger partial charge in [0.15, 0.2) is 0 Å². The van der Waals surface area contributed by atoms with E-state index in [0.29, 0.717) is 16.2 Å². The minimum Gasteiger partial charge on any atom is -0.329 e. The Balaban J connectivity index is 1.46. The van der Waals surface area contributed by atoms with E-state index < -0.39 is 29.7 Å². The number of thiophene rings is 1. The fourth-order valence-corrected chi connectivity index (χ4v) is 4.09. The number of benzene rings is 1. The van der Waals surface area contributed by atoms with Crippen molar-refractivity contribution in [3.63, 3.8) is 0 Å². The number of alkyl halides is 3. The number of fused-ring (bicyclic) bond motifs is 1. The van der Waals surface area contributed by atoms with Crippen LogP contribution in [0.1, 0.15) is 16.3 Å². The third-order valence-corrected chi connectivity index (χ3v) is 5.49. The van der Waals surface area contributed by atoms with Gasteiger partial charge in [0.2, 0.25) is 5.82 Å². The number of halogens is 4. The van der Waals surface area contributed by atoms with Crippen LogP contribution in [0.5, 0.6) is 0 Å². The molecule has 7 nitrogen and oxygen atoms in total. The zero-order chi connectivity index (χ0) is 21.5.